The normalized spacial score (nSPS) is 38.7. The van der Waals surface area contributed by atoms with Gasteiger partial charge in [0, 0.05) is 0 Å². The molecule has 10 heavy (non-hydrogen) atoms. The average Bonchev–Trinajstić information content (AvgIpc) is 2.45. The second-order valence-corrected chi connectivity index (χ2v) is 3.84. The van der Waals surface area contributed by atoms with Crippen LogP contribution >= 0.6 is 0 Å². The summed E-state index contributed by atoms with van der Waals surface area (Å²) in [5.41, 5.74) is -0.282. The topological polar surface area (TPSA) is 20.2 Å². The van der Waals surface area contributed by atoms with Gasteiger partial charge in [-0.15, -0.1) is 0 Å². The van der Waals surface area contributed by atoms with Gasteiger partial charge in [0.1, 0.15) is 0 Å². The van der Waals surface area contributed by atoms with E-state index in [2.05, 4.69) is 20.8 Å². The molecule has 0 aromatic carbocycles. The summed E-state index contributed by atoms with van der Waals surface area (Å²) in [5.74, 6) is 1.06. The van der Waals surface area contributed by atoms with Gasteiger partial charge in [0.15, 0.2) is 0 Å². The summed E-state index contributed by atoms with van der Waals surface area (Å²) in [6.45, 7) is 6.39. The van der Waals surface area contributed by atoms with E-state index in [0.29, 0.717) is 11.8 Å². The van der Waals surface area contributed by atoms with E-state index < -0.39 is 0 Å². The summed E-state index contributed by atoms with van der Waals surface area (Å²) >= 11 is 0. The minimum atomic E-state index is -0.282. The van der Waals surface area contributed by atoms with Gasteiger partial charge < -0.3 is 5.11 Å². The maximum Gasteiger partial charge on any atom is 0.0703 e. The van der Waals surface area contributed by atoms with Crippen molar-refractivity contribution in [2.45, 2.75) is 45.6 Å². The lowest BCUT2D eigenvalue weighted by atomic mass is 10.0. The van der Waals surface area contributed by atoms with Crippen LogP contribution in [0.3, 0.4) is 0 Å². The van der Waals surface area contributed by atoms with E-state index in [0.717, 1.165) is 6.42 Å². The molecule has 0 aliphatic heterocycles. The number of hydrogen-bond acceptors (Lipinski definition) is 1. The van der Waals surface area contributed by atoms with E-state index in [1.165, 1.54) is 12.8 Å². The van der Waals surface area contributed by atoms with Gasteiger partial charge in [0.05, 0.1) is 5.60 Å². The fraction of sp³-hybridized carbons (Fsp3) is 1.00. The zero-order chi connectivity index (χ0) is 7.78. The third-order valence-corrected chi connectivity index (χ3v) is 2.76. The molecule has 0 bridgehead atoms. The molecular weight excluding hydrogens is 124 g/mol. The van der Waals surface area contributed by atoms with Gasteiger partial charge in [0.2, 0.25) is 0 Å². The smallest absolute Gasteiger partial charge is 0.0703 e. The Morgan fingerprint density at radius 2 is 2.20 bits per heavy atom. The predicted molar refractivity (Wildman–Crippen MR) is 42.8 cm³/mol. The highest BCUT2D eigenvalue weighted by Crippen LogP contribution is 2.51. The minimum absolute atomic E-state index is 0.282. The van der Waals surface area contributed by atoms with Gasteiger partial charge in [-0.25, -0.2) is 0 Å². The quantitative estimate of drug-likeness (QED) is 0.640. The highest BCUT2D eigenvalue weighted by molar-refractivity contribution is 5.04. The third kappa shape index (κ3) is 1.20. The highest BCUT2D eigenvalue weighted by Gasteiger charge is 2.53. The van der Waals surface area contributed by atoms with Crippen LogP contribution in [-0.4, -0.2) is 10.7 Å². The van der Waals surface area contributed by atoms with Crippen LogP contribution in [0.25, 0.3) is 0 Å². The standard InChI is InChI=1S/C9H18O/c1-4-5-8-6-9(8,10)7(2)3/h7-8,10H,4-6H2,1-3H3. The molecule has 0 saturated heterocycles. The molecule has 0 amide bonds. The van der Waals surface area contributed by atoms with Crippen molar-refractivity contribution in [1.29, 1.82) is 0 Å². The number of aliphatic hydroxyl groups is 1. The lowest BCUT2D eigenvalue weighted by Crippen LogP contribution is -2.18. The minimum Gasteiger partial charge on any atom is -0.389 e. The first-order valence-electron chi connectivity index (χ1n) is 4.33. The third-order valence-electron chi connectivity index (χ3n) is 2.76. The van der Waals surface area contributed by atoms with Crippen LogP contribution in [-0.2, 0) is 0 Å². The van der Waals surface area contributed by atoms with Crippen molar-refractivity contribution in [2.24, 2.45) is 11.8 Å². The first kappa shape index (κ1) is 8.06. The lowest BCUT2D eigenvalue weighted by Gasteiger charge is -2.13. The largest absolute Gasteiger partial charge is 0.389 e. The molecule has 1 nitrogen and oxygen atoms in total. The Labute approximate surface area is 63.4 Å². The van der Waals surface area contributed by atoms with Crippen molar-refractivity contribution in [2.75, 3.05) is 0 Å². The van der Waals surface area contributed by atoms with Gasteiger partial charge in [-0.05, 0) is 24.7 Å². The summed E-state index contributed by atoms with van der Waals surface area (Å²) in [6.07, 6.45) is 3.45. The molecule has 0 radical (unpaired) electrons. The zero-order valence-corrected chi connectivity index (χ0v) is 7.22. The van der Waals surface area contributed by atoms with Crippen molar-refractivity contribution in [3.8, 4) is 0 Å². The molecule has 1 rings (SSSR count). The van der Waals surface area contributed by atoms with E-state index in [1.54, 1.807) is 0 Å². The van der Waals surface area contributed by atoms with E-state index in [-0.39, 0.29) is 5.60 Å². The predicted octanol–water partition coefficient (Wildman–Crippen LogP) is 2.19. The van der Waals surface area contributed by atoms with E-state index in [1.807, 2.05) is 0 Å². The van der Waals surface area contributed by atoms with Gasteiger partial charge in [-0.2, -0.15) is 0 Å². The van der Waals surface area contributed by atoms with Crippen LogP contribution in [0, 0.1) is 11.8 Å². The van der Waals surface area contributed by atoms with E-state index >= 15 is 0 Å². The van der Waals surface area contributed by atoms with Crippen LogP contribution in [0.5, 0.6) is 0 Å². The van der Waals surface area contributed by atoms with E-state index in [4.69, 9.17) is 0 Å². The van der Waals surface area contributed by atoms with Crippen molar-refractivity contribution in [1.82, 2.24) is 0 Å². The second-order valence-electron chi connectivity index (χ2n) is 3.84. The molecule has 1 aliphatic carbocycles. The van der Waals surface area contributed by atoms with Crippen molar-refractivity contribution < 1.29 is 5.11 Å². The molecule has 0 heterocycles. The Hall–Kier alpha value is -0.0400. The van der Waals surface area contributed by atoms with Crippen LogP contribution in [0.2, 0.25) is 0 Å². The molecule has 2 unspecified atom stereocenters. The summed E-state index contributed by atoms with van der Waals surface area (Å²) in [4.78, 5) is 0. The monoisotopic (exact) mass is 142 g/mol. The van der Waals surface area contributed by atoms with E-state index in [9.17, 15) is 5.11 Å². The molecule has 1 fully saturated rings. The number of rotatable bonds is 3. The first-order valence-corrected chi connectivity index (χ1v) is 4.33. The van der Waals surface area contributed by atoms with Gasteiger partial charge in [0.25, 0.3) is 0 Å². The van der Waals surface area contributed by atoms with Crippen molar-refractivity contribution in [3.05, 3.63) is 0 Å². The Morgan fingerprint density at radius 1 is 1.60 bits per heavy atom. The molecule has 60 valence electrons. The summed E-state index contributed by atoms with van der Waals surface area (Å²) < 4.78 is 0. The van der Waals surface area contributed by atoms with Crippen molar-refractivity contribution in [3.63, 3.8) is 0 Å². The fourth-order valence-corrected chi connectivity index (χ4v) is 1.74. The molecule has 2 atom stereocenters. The summed E-state index contributed by atoms with van der Waals surface area (Å²) in [7, 11) is 0. The van der Waals surface area contributed by atoms with Crippen LogP contribution < -0.4 is 0 Å². The molecule has 0 aromatic rings. The van der Waals surface area contributed by atoms with Gasteiger partial charge in [-0.1, -0.05) is 27.2 Å². The molecule has 0 aromatic heterocycles. The molecule has 1 saturated carbocycles. The Kier molecular flexibility index (Phi) is 2.04. The van der Waals surface area contributed by atoms with Gasteiger partial charge >= 0.3 is 0 Å². The zero-order valence-electron chi connectivity index (χ0n) is 7.22. The molecule has 1 aliphatic rings. The lowest BCUT2D eigenvalue weighted by molar-refractivity contribution is 0.0799. The Morgan fingerprint density at radius 3 is 2.50 bits per heavy atom. The Bertz CT molecular complexity index is 120. The van der Waals surface area contributed by atoms with Gasteiger partial charge in [-0.3, -0.25) is 0 Å². The maximum absolute atomic E-state index is 9.80. The fourth-order valence-electron chi connectivity index (χ4n) is 1.74. The summed E-state index contributed by atoms with van der Waals surface area (Å²) in [6, 6.07) is 0. The summed E-state index contributed by atoms with van der Waals surface area (Å²) in [5, 5.41) is 9.80. The van der Waals surface area contributed by atoms with Crippen LogP contribution in [0.1, 0.15) is 40.0 Å². The first-order chi connectivity index (χ1) is 4.61. The van der Waals surface area contributed by atoms with Crippen molar-refractivity contribution >= 4 is 0 Å². The van der Waals surface area contributed by atoms with Crippen LogP contribution in [0.15, 0.2) is 0 Å². The average molecular weight is 142 g/mol. The second kappa shape index (κ2) is 2.54. The van der Waals surface area contributed by atoms with Crippen LogP contribution in [0.4, 0.5) is 0 Å². The maximum atomic E-state index is 9.80. The Balaban J connectivity index is 2.33. The molecule has 1 heteroatoms. The highest BCUT2D eigenvalue weighted by atomic mass is 16.3. The SMILES string of the molecule is CCCC1CC1(O)C(C)C. The molecule has 1 N–H and O–H groups in total. The molecular formula is C9H18O. The number of hydrogen-bond donors (Lipinski definition) is 1. The molecule has 0 spiro atoms.